The van der Waals surface area contributed by atoms with E-state index in [0.717, 1.165) is 17.3 Å². The van der Waals surface area contributed by atoms with Gasteiger partial charge in [-0.15, -0.1) is 0 Å². The van der Waals surface area contributed by atoms with Crippen LogP contribution in [0.15, 0.2) is 40.4 Å². The number of amides is 2. The third-order valence-corrected chi connectivity index (χ3v) is 4.60. The molecule has 0 saturated heterocycles. The Kier molecular flexibility index (Phi) is 7.33. The maximum absolute atomic E-state index is 12.0. The van der Waals surface area contributed by atoms with E-state index in [2.05, 4.69) is 32.6 Å². The summed E-state index contributed by atoms with van der Waals surface area (Å²) in [7, 11) is 0. The molecule has 0 aliphatic heterocycles. The molecule has 0 radical (unpaired) electrons. The SMILES string of the molecule is O=C(CCNC(=O)c1ccccc1Br)NCCC1=CCCCC1. The average Bonchev–Trinajstić information content (AvgIpc) is 2.56. The lowest BCUT2D eigenvalue weighted by Gasteiger charge is -2.13. The van der Waals surface area contributed by atoms with Crippen LogP contribution in [-0.2, 0) is 4.79 Å². The molecule has 0 spiro atoms. The van der Waals surface area contributed by atoms with Gasteiger partial charge in [-0.25, -0.2) is 0 Å². The van der Waals surface area contributed by atoms with Gasteiger partial charge in [0.1, 0.15) is 0 Å². The predicted molar refractivity (Wildman–Crippen MR) is 95.3 cm³/mol. The van der Waals surface area contributed by atoms with Gasteiger partial charge in [-0.3, -0.25) is 9.59 Å². The zero-order valence-electron chi connectivity index (χ0n) is 13.2. The molecule has 0 atom stereocenters. The zero-order valence-corrected chi connectivity index (χ0v) is 14.8. The van der Waals surface area contributed by atoms with Crippen LogP contribution in [0, 0.1) is 0 Å². The van der Waals surface area contributed by atoms with Gasteiger partial charge in [-0.05, 0) is 60.2 Å². The lowest BCUT2D eigenvalue weighted by molar-refractivity contribution is -0.120. The van der Waals surface area contributed by atoms with Crippen molar-refractivity contribution in [1.82, 2.24) is 10.6 Å². The molecule has 1 aromatic carbocycles. The molecule has 2 N–H and O–H groups in total. The van der Waals surface area contributed by atoms with Crippen LogP contribution in [-0.4, -0.2) is 24.9 Å². The maximum atomic E-state index is 12.0. The monoisotopic (exact) mass is 378 g/mol. The second-order valence-electron chi connectivity index (χ2n) is 5.69. The summed E-state index contributed by atoms with van der Waals surface area (Å²) >= 11 is 3.34. The number of hydrogen-bond acceptors (Lipinski definition) is 2. The van der Waals surface area contributed by atoms with Crippen molar-refractivity contribution in [3.05, 3.63) is 46.0 Å². The van der Waals surface area contributed by atoms with E-state index in [0.29, 0.717) is 25.1 Å². The van der Waals surface area contributed by atoms with Crippen LogP contribution in [0.2, 0.25) is 0 Å². The van der Waals surface area contributed by atoms with Crippen LogP contribution in [0.4, 0.5) is 0 Å². The summed E-state index contributed by atoms with van der Waals surface area (Å²) < 4.78 is 0.753. The fourth-order valence-electron chi connectivity index (χ4n) is 2.61. The minimum absolute atomic E-state index is 0.0196. The molecule has 0 bridgehead atoms. The smallest absolute Gasteiger partial charge is 0.252 e. The molecular weight excluding hydrogens is 356 g/mol. The van der Waals surface area contributed by atoms with E-state index in [9.17, 15) is 9.59 Å². The standard InChI is InChI=1S/C18H23BrN2O2/c19-16-9-5-4-8-15(16)18(23)21-13-11-17(22)20-12-10-14-6-2-1-3-7-14/h4-6,8-9H,1-3,7,10-13H2,(H,20,22)(H,21,23). The second-order valence-corrected chi connectivity index (χ2v) is 6.55. The maximum Gasteiger partial charge on any atom is 0.252 e. The highest BCUT2D eigenvalue weighted by molar-refractivity contribution is 9.10. The normalized spacial score (nSPS) is 14.0. The van der Waals surface area contributed by atoms with Crippen molar-refractivity contribution in [2.24, 2.45) is 0 Å². The van der Waals surface area contributed by atoms with Gasteiger partial charge >= 0.3 is 0 Å². The van der Waals surface area contributed by atoms with Crippen LogP contribution < -0.4 is 10.6 Å². The van der Waals surface area contributed by atoms with Crippen molar-refractivity contribution in [2.75, 3.05) is 13.1 Å². The Hall–Kier alpha value is -1.62. The van der Waals surface area contributed by atoms with Crippen molar-refractivity contribution in [3.63, 3.8) is 0 Å². The number of halogens is 1. The first kappa shape index (κ1) is 17.7. The number of benzene rings is 1. The van der Waals surface area contributed by atoms with E-state index in [1.807, 2.05) is 18.2 Å². The summed E-state index contributed by atoms with van der Waals surface area (Å²) in [6, 6.07) is 7.24. The van der Waals surface area contributed by atoms with Gasteiger partial charge in [0, 0.05) is 24.0 Å². The van der Waals surface area contributed by atoms with Gasteiger partial charge in [0.05, 0.1) is 5.56 Å². The first-order chi connectivity index (χ1) is 11.2. The van der Waals surface area contributed by atoms with Gasteiger partial charge in [-0.2, -0.15) is 0 Å². The van der Waals surface area contributed by atoms with E-state index >= 15 is 0 Å². The molecular formula is C18H23BrN2O2. The van der Waals surface area contributed by atoms with Crippen LogP contribution in [0.3, 0.4) is 0 Å². The summed E-state index contributed by atoms with van der Waals surface area (Å²) in [5, 5.41) is 5.68. The van der Waals surface area contributed by atoms with Crippen molar-refractivity contribution in [1.29, 1.82) is 0 Å². The van der Waals surface area contributed by atoms with Crippen LogP contribution >= 0.6 is 15.9 Å². The van der Waals surface area contributed by atoms with E-state index in [4.69, 9.17) is 0 Å². The zero-order chi connectivity index (χ0) is 16.5. The van der Waals surface area contributed by atoms with E-state index < -0.39 is 0 Å². The second kappa shape index (κ2) is 9.50. The third-order valence-electron chi connectivity index (χ3n) is 3.91. The molecule has 23 heavy (non-hydrogen) atoms. The minimum atomic E-state index is -0.169. The Morgan fingerprint density at radius 1 is 1.09 bits per heavy atom. The number of nitrogens with one attached hydrogen (secondary N) is 2. The molecule has 0 aromatic heterocycles. The molecule has 5 heteroatoms. The summed E-state index contributed by atoms with van der Waals surface area (Å²) in [4.78, 5) is 23.8. The number of carbonyl (C=O) groups excluding carboxylic acids is 2. The number of allylic oxidation sites excluding steroid dienone is 1. The third kappa shape index (κ3) is 6.18. The molecule has 4 nitrogen and oxygen atoms in total. The number of rotatable bonds is 7. The first-order valence-electron chi connectivity index (χ1n) is 8.14. The van der Waals surface area contributed by atoms with Crippen molar-refractivity contribution in [3.8, 4) is 0 Å². The summed E-state index contributed by atoms with van der Waals surface area (Å²) in [6.45, 7) is 1.03. The minimum Gasteiger partial charge on any atom is -0.356 e. The van der Waals surface area contributed by atoms with Gasteiger partial charge in [0.25, 0.3) is 5.91 Å². The Morgan fingerprint density at radius 2 is 1.91 bits per heavy atom. The summed E-state index contributed by atoms with van der Waals surface area (Å²) in [5.41, 5.74) is 2.04. The van der Waals surface area contributed by atoms with E-state index in [1.54, 1.807) is 6.07 Å². The quantitative estimate of drug-likeness (QED) is 0.712. The average molecular weight is 379 g/mol. The molecule has 124 valence electrons. The molecule has 0 unspecified atom stereocenters. The molecule has 1 aromatic rings. The van der Waals surface area contributed by atoms with Gasteiger partial charge in [0.2, 0.25) is 5.91 Å². The molecule has 1 aliphatic carbocycles. The lowest BCUT2D eigenvalue weighted by Crippen LogP contribution is -2.31. The van der Waals surface area contributed by atoms with Gasteiger partial charge in [-0.1, -0.05) is 23.8 Å². The highest BCUT2D eigenvalue weighted by Crippen LogP contribution is 2.19. The van der Waals surface area contributed by atoms with E-state index in [-0.39, 0.29) is 11.8 Å². The van der Waals surface area contributed by atoms with Crippen molar-refractivity contribution in [2.45, 2.75) is 38.5 Å². The fraction of sp³-hybridized carbons (Fsp3) is 0.444. The first-order valence-corrected chi connectivity index (χ1v) is 8.93. The summed E-state index contributed by atoms with van der Waals surface area (Å²) in [5.74, 6) is -0.188. The molecule has 2 amide bonds. The topological polar surface area (TPSA) is 58.2 Å². The number of hydrogen-bond donors (Lipinski definition) is 2. The molecule has 0 fully saturated rings. The lowest BCUT2D eigenvalue weighted by atomic mass is 9.97. The predicted octanol–water partition coefficient (Wildman–Crippen LogP) is 3.58. The molecule has 2 rings (SSSR count). The van der Waals surface area contributed by atoms with Gasteiger partial charge < -0.3 is 10.6 Å². The van der Waals surface area contributed by atoms with Crippen LogP contribution in [0.25, 0.3) is 0 Å². The Bertz CT molecular complexity index is 584. The molecule has 0 heterocycles. The van der Waals surface area contributed by atoms with Crippen molar-refractivity contribution < 1.29 is 9.59 Å². The summed E-state index contributed by atoms with van der Waals surface area (Å²) in [6.07, 6.45) is 8.42. The highest BCUT2D eigenvalue weighted by Gasteiger charge is 2.09. The Morgan fingerprint density at radius 3 is 2.65 bits per heavy atom. The highest BCUT2D eigenvalue weighted by atomic mass is 79.9. The Labute approximate surface area is 145 Å². The Balaban J connectivity index is 1.62. The van der Waals surface area contributed by atoms with Crippen LogP contribution in [0.5, 0.6) is 0 Å². The largest absolute Gasteiger partial charge is 0.356 e. The number of carbonyl (C=O) groups is 2. The molecule has 0 saturated carbocycles. The van der Waals surface area contributed by atoms with E-state index in [1.165, 1.54) is 24.8 Å². The van der Waals surface area contributed by atoms with Crippen molar-refractivity contribution >= 4 is 27.7 Å². The molecule has 1 aliphatic rings. The fourth-order valence-corrected chi connectivity index (χ4v) is 3.08. The van der Waals surface area contributed by atoms with Crippen LogP contribution in [0.1, 0.15) is 48.9 Å². The van der Waals surface area contributed by atoms with Gasteiger partial charge in [0.15, 0.2) is 0 Å².